The number of nitrogens with two attached hydrogens (primary N) is 1. The van der Waals surface area contributed by atoms with Gasteiger partial charge in [0.2, 0.25) is 0 Å². The molecular formula is C29H28ClF3N6O2. The van der Waals surface area contributed by atoms with Gasteiger partial charge >= 0.3 is 6.18 Å². The number of aromatic nitrogens is 1. The number of halogens is 4. The summed E-state index contributed by atoms with van der Waals surface area (Å²) in [6.45, 7) is 1.67. The van der Waals surface area contributed by atoms with E-state index in [9.17, 15) is 22.8 Å². The minimum absolute atomic E-state index is 0.122. The van der Waals surface area contributed by atoms with Crippen molar-refractivity contribution in [3.8, 4) is 0 Å². The minimum Gasteiger partial charge on any atom is -0.384 e. The molecule has 41 heavy (non-hydrogen) atoms. The number of carbonyl (C=O) groups is 2. The number of nitrogens with zero attached hydrogens (tertiary/aromatic N) is 3. The minimum atomic E-state index is -4.48. The number of hydrogen-bond donors (Lipinski definition) is 3. The number of benzene rings is 2. The lowest BCUT2D eigenvalue weighted by molar-refractivity contribution is -0.137. The topological polar surface area (TPSA) is 113 Å². The van der Waals surface area contributed by atoms with Gasteiger partial charge in [-0.05, 0) is 73.9 Å². The first-order chi connectivity index (χ1) is 19.6. The number of alkyl halides is 4. The van der Waals surface area contributed by atoms with Crippen LogP contribution in [0.4, 0.5) is 30.2 Å². The van der Waals surface area contributed by atoms with Crippen molar-refractivity contribution in [2.45, 2.75) is 31.3 Å². The Labute approximate surface area is 240 Å². The van der Waals surface area contributed by atoms with Gasteiger partial charge in [-0.25, -0.2) is 4.98 Å². The Kier molecular flexibility index (Phi) is 9.61. The van der Waals surface area contributed by atoms with Gasteiger partial charge in [-0.3, -0.25) is 9.59 Å². The molecule has 4 N–H and O–H groups in total. The fraction of sp³-hybridized carbons (Fsp3) is 0.241. The number of anilines is 3. The third-order valence-corrected chi connectivity index (χ3v) is 6.58. The van der Waals surface area contributed by atoms with E-state index in [1.165, 1.54) is 30.5 Å². The summed E-state index contributed by atoms with van der Waals surface area (Å²) in [5, 5.41) is 5.41. The van der Waals surface area contributed by atoms with E-state index >= 15 is 0 Å². The van der Waals surface area contributed by atoms with Crippen molar-refractivity contribution in [3.05, 3.63) is 95.5 Å². The number of pyridine rings is 1. The molecule has 0 spiro atoms. The first-order valence-corrected chi connectivity index (χ1v) is 13.4. The zero-order chi connectivity index (χ0) is 29.4. The number of amidine groups is 1. The Balaban J connectivity index is 1.56. The van der Waals surface area contributed by atoms with Crippen LogP contribution in [0.25, 0.3) is 0 Å². The number of amides is 2. The van der Waals surface area contributed by atoms with Crippen LogP contribution in [0.1, 0.15) is 51.4 Å². The standard InChI is InChI=1S/C29H28ClF3N6O2/c30-18-21-8-5-9-25(36-21)28(41)37-24-11-10-22(39-14-2-1-3-15-39)17-23(24)27(40)38-26(34)12-13-35-20-7-4-6-19(16-20)29(31,32)33/h4-13,16-17,35H,1-3,14-15,18H2,(H,37,41)(H2,34,38,40)/b13-12-. The van der Waals surface area contributed by atoms with Crippen molar-refractivity contribution in [2.75, 3.05) is 28.6 Å². The fourth-order valence-electron chi connectivity index (χ4n) is 4.26. The molecule has 0 radical (unpaired) electrons. The Morgan fingerprint density at radius 1 is 1.05 bits per heavy atom. The molecule has 3 aromatic rings. The molecule has 0 bridgehead atoms. The van der Waals surface area contributed by atoms with Crippen LogP contribution in [0.15, 0.2) is 77.9 Å². The maximum Gasteiger partial charge on any atom is 0.416 e. The van der Waals surface area contributed by atoms with Crippen LogP contribution in [0.2, 0.25) is 0 Å². The van der Waals surface area contributed by atoms with E-state index in [1.54, 1.807) is 24.3 Å². The summed E-state index contributed by atoms with van der Waals surface area (Å²) in [6.07, 6.45) is 1.24. The van der Waals surface area contributed by atoms with Crippen molar-refractivity contribution in [1.82, 2.24) is 4.98 Å². The zero-order valence-electron chi connectivity index (χ0n) is 21.9. The average Bonchev–Trinajstić information content (AvgIpc) is 2.97. The normalized spacial score (nSPS) is 14.2. The summed E-state index contributed by atoms with van der Waals surface area (Å²) in [4.78, 5) is 36.5. The van der Waals surface area contributed by atoms with Gasteiger partial charge in [0.25, 0.3) is 11.8 Å². The van der Waals surface area contributed by atoms with Crippen LogP contribution in [0.3, 0.4) is 0 Å². The largest absolute Gasteiger partial charge is 0.416 e. The van der Waals surface area contributed by atoms with E-state index in [0.717, 1.165) is 50.2 Å². The van der Waals surface area contributed by atoms with Crippen LogP contribution in [-0.2, 0) is 12.1 Å². The highest BCUT2D eigenvalue weighted by atomic mass is 35.5. The predicted molar refractivity (Wildman–Crippen MR) is 154 cm³/mol. The lowest BCUT2D eigenvalue weighted by Crippen LogP contribution is -2.29. The van der Waals surface area contributed by atoms with E-state index < -0.39 is 23.6 Å². The van der Waals surface area contributed by atoms with Gasteiger partial charge in [0.15, 0.2) is 0 Å². The molecule has 1 saturated heterocycles. The average molecular weight is 585 g/mol. The van der Waals surface area contributed by atoms with Crippen molar-refractivity contribution < 1.29 is 22.8 Å². The maximum atomic E-state index is 13.3. The molecular weight excluding hydrogens is 557 g/mol. The maximum absolute atomic E-state index is 13.3. The van der Waals surface area contributed by atoms with Crippen LogP contribution in [-0.4, -0.2) is 35.7 Å². The second kappa shape index (κ2) is 13.3. The summed E-state index contributed by atoms with van der Waals surface area (Å²) in [5.74, 6) is -1.28. The smallest absolute Gasteiger partial charge is 0.384 e. The lowest BCUT2D eigenvalue weighted by atomic mass is 10.1. The molecule has 0 aliphatic carbocycles. The molecule has 1 aliphatic heterocycles. The molecule has 214 valence electrons. The number of nitrogens with one attached hydrogen (secondary N) is 2. The van der Waals surface area contributed by atoms with Gasteiger partial charge in [-0.15, -0.1) is 11.6 Å². The SMILES string of the molecule is NC(/C=C\Nc1cccc(C(F)(F)F)c1)=NC(=O)c1cc(N2CCCCC2)ccc1NC(=O)c1cccc(CCl)n1. The monoisotopic (exact) mass is 584 g/mol. The summed E-state index contributed by atoms with van der Waals surface area (Å²) < 4.78 is 38.9. The van der Waals surface area contributed by atoms with Gasteiger partial charge in [0.05, 0.1) is 28.4 Å². The number of piperidine rings is 1. The molecule has 0 unspecified atom stereocenters. The predicted octanol–water partition coefficient (Wildman–Crippen LogP) is 6.21. The molecule has 2 aromatic carbocycles. The molecule has 12 heteroatoms. The van der Waals surface area contributed by atoms with Crippen molar-refractivity contribution >= 4 is 46.3 Å². The number of aliphatic imine (C=N–C) groups is 1. The first-order valence-electron chi connectivity index (χ1n) is 12.8. The van der Waals surface area contributed by atoms with Crippen molar-refractivity contribution in [1.29, 1.82) is 0 Å². The molecule has 2 heterocycles. The summed E-state index contributed by atoms with van der Waals surface area (Å²) >= 11 is 5.84. The first kappa shape index (κ1) is 29.6. The lowest BCUT2D eigenvalue weighted by Gasteiger charge is -2.29. The molecule has 1 fully saturated rings. The van der Waals surface area contributed by atoms with Gasteiger partial charge in [-0.1, -0.05) is 12.1 Å². The van der Waals surface area contributed by atoms with Gasteiger partial charge < -0.3 is 21.3 Å². The Morgan fingerprint density at radius 2 is 1.80 bits per heavy atom. The van der Waals surface area contributed by atoms with Gasteiger partial charge in [0.1, 0.15) is 11.5 Å². The van der Waals surface area contributed by atoms with Gasteiger partial charge in [0, 0.05) is 30.7 Å². The highest BCUT2D eigenvalue weighted by Gasteiger charge is 2.30. The van der Waals surface area contributed by atoms with E-state index in [1.807, 2.05) is 6.07 Å². The fourth-order valence-corrected chi connectivity index (χ4v) is 4.41. The molecule has 0 atom stereocenters. The molecule has 0 saturated carbocycles. The van der Waals surface area contributed by atoms with Gasteiger partial charge in [-0.2, -0.15) is 18.2 Å². The summed E-state index contributed by atoms with van der Waals surface area (Å²) in [6, 6.07) is 14.6. The number of rotatable bonds is 8. The van der Waals surface area contributed by atoms with E-state index in [4.69, 9.17) is 17.3 Å². The second-order valence-electron chi connectivity index (χ2n) is 9.28. The molecule has 1 aromatic heterocycles. The Morgan fingerprint density at radius 3 is 2.54 bits per heavy atom. The molecule has 4 rings (SSSR count). The highest BCUT2D eigenvalue weighted by molar-refractivity contribution is 6.17. The van der Waals surface area contributed by atoms with Crippen molar-refractivity contribution in [3.63, 3.8) is 0 Å². The number of hydrogen-bond acceptors (Lipinski definition) is 5. The molecule has 2 amide bonds. The molecule has 1 aliphatic rings. The van der Waals surface area contributed by atoms with Crippen LogP contribution in [0.5, 0.6) is 0 Å². The number of carbonyl (C=O) groups excluding carboxylic acids is 2. The van der Waals surface area contributed by atoms with E-state index in [0.29, 0.717) is 5.69 Å². The third-order valence-electron chi connectivity index (χ3n) is 6.30. The van der Waals surface area contributed by atoms with E-state index in [2.05, 4.69) is 25.5 Å². The molecule has 8 nitrogen and oxygen atoms in total. The third kappa shape index (κ3) is 8.07. The summed E-state index contributed by atoms with van der Waals surface area (Å²) in [7, 11) is 0. The Bertz CT molecular complexity index is 1470. The van der Waals surface area contributed by atoms with Crippen molar-refractivity contribution in [2.24, 2.45) is 10.7 Å². The van der Waals surface area contributed by atoms with Crippen LogP contribution < -0.4 is 21.3 Å². The second-order valence-corrected chi connectivity index (χ2v) is 9.54. The highest BCUT2D eigenvalue weighted by Crippen LogP contribution is 2.31. The summed E-state index contributed by atoms with van der Waals surface area (Å²) in [5.41, 5.74) is 7.12. The quantitative estimate of drug-likeness (QED) is 0.165. The Hall–Kier alpha value is -4.38. The van der Waals surface area contributed by atoms with Crippen LogP contribution in [0, 0.1) is 0 Å². The van der Waals surface area contributed by atoms with E-state index in [-0.39, 0.29) is 34.3 Å². The zero-order valence-corrected chi connectivity index (χ0v) is 22.7. The van der Waals surface area contributed by atoms with Crippen LogP contribution >= 0.6 is 11.6 Å².